The zero-order valence-electron chi connectivity index (χ0n) is 15.4. The fraction of sp³-hybridized carbons (Fsp3) is 0.500. The molecule has 0 radical (unpaired) electrons. The van der Waals surface area contributed by atoms with E-state index in [1.807, 2.05) is 31.1 Å². The van der Waals surface area contributed by atoms with Gasteiger partial charge in [0, 0.05) is 39.6 Å². The lowest BCUT2D eigenvalue weighted by Crippen LogP contribution is -2.33. The third kappa shape index (κ3) is 4.87. The van der Waals surface area contributed by atoms with Crippen LogP contribution in [0.25, 0.3) is 0 Å². The Bertz CT molecular complexity index is 730. The van der Waals surface area contributed by atoms with Crippen LogP contribution in [0.2, 0.25) is 0 Å². The van der Waals surface area contributed by atoms with Crippen LogP contribution in [0, 0.1) is 0 Å². The van der Waals surface area contributed by atoms with Crippen molar-refractivity contribution in [1.29, 1.82) is 0 Å². The molecular weight excluding hydrogens is 330 g/mol. The number of pyridine rings is 1. The summed E-state index contributed by atoms with van der Waals surface area (Å²) in [5.74, 6) is 1.80. The maximum Gasteiger partial charge on any atom is 0.230 e. The Morgan fingerprint density at radius 2 is 2.00 bits per heavy atom. The van der Waals surface area contributed by atoms with E-state index in [4.69, 9.17) is 0 Å². The Morgan fingerprint density at radius 1 is 1.19 bits per heavy atom. The smallest absolute Gasteiger partial charge is 0.230 e. The van der Waals surface area contributed by atoms with Gasteiger partial charge in [0.05, 0.1) is 13.0 Å². The van der Waals surface area contributed by atoms with Gasteiger partial charge >= 0.3 is 0 Å². The molecule has 1 saturated heterocycles. The number of hydrogen-bond acceptors (Lipinski definition) is 7. The molecule has 3 heterocycles. The quantitative estimate of drug-likeness (QED) is 0.832. The van der Waals surface area contributed by atoms with Crippen molar-refractivity contribution in [3.63, 3.8) is 0 Å². The summed E-state index contributed by atoms with van der Waals surface area (Å²) in [5, 5.41) is 2.89. The monoisotopic (exact) mass is 355 g/mol. The summed E-state index contributed by atoms with van der Waals surface area (Å²) in [7, 11) is 3.81. The molecule has 0 atom stereocenters. The summed E-state index contributed by atoms with van der Waals surface area (Å²) < 4.78 is 0. The van der Waals surface area contributed by atoms with Crippen LogP contribution < -0.4 is 15.1 Å². The van der Waals surface area contributed by atoms with Crippen molar-refractivity contribution in [3.05, 3.63) is 35.9 Å². The van der Waals surface area contributed by atoms with Gasteiger partial charge in [-0.15, -0.1) is 0 Å². The van der Waals surface area contributed by atoms with Crippen LogP contribution in [0.3, 0.4) is 0 Å². The second kappa shape index (κ2) is 8.55. The number of amides is 1. The molecule has 8 nitrogen and oxygen atoms in total. The van der Waals surface area contributed by atoms with Gasteiger partial charge in [-0.1, -0.05) is 6.07 Å². The van der Waals surface area contributed by atoms with Gasteiger partial charge in [-0.25, -0.2) is 0 Å². The highest BCUT2D eigenvalue weighted by Gasteiger charge is 2.17. The number of hydrogen-bond donors (Lipinski definition) is 1. The molecule has 26 heavy (non-hydrogen) atoms. The van der Waals surface area contributed by atoms with E-state index in [2.05, 4.69) is 30.2 Å². The Kier molecular flexibility index (Phi) is 5.93. The summed E-state index contributed by atoms with van der Waals surface area (Å²) >= 11 is 0. The lowest BCUT2D eigenvalue weighted by atomic mass is 10.1. The number of anilines is 2. The van der Waals surface area contributed by atoms with E-state index in [-0.39, 0.29) is 12.5 Å². The third-order valence-corrected chi connectivity index (χ3v) is 4.23. The zero-order chi connectivity index (χ0) is 18.4. The summed E-state index contributed by atoms with van der Waals surface area (Å²) in [6.45, 7) is 2.21. The predicted molar refractivity (Wildman–Crippen MR) is 100 cm³/mol. The van der Waals surface area contributed by atoms with Gasteiger partial charge in [0.2, 0.25) is 17.8 Å². The van der Waals surface area contributed by atoms with Crippen LogP contribution in [-0.4, -0.2) is 53.0 Å². The van der Waals surface area contributed by atoms with E-state index in [0.717, 1.165) is 31.5 Å². The van der Waals surface area contributed by atoms with Crippen molar-refractivity contribution in [2.45, 2.75) is 32.2 Å². The molecule has 1 aliphatic rings. The normalized spacial score (nSPS) is 14.2. The molecule has 1 fully saturated rings. The average molecular weight is 355 g/mol. The van der Waals surface area contributed by atoms with Gasteiger partial charge in [0.15, 0.2) is 5.82 Å². The Hall–Kier alpha value is -2.77. The first-order chi connectivity index (χ1) is 12.6. The molecular formula is C18H25N7O. The third-order valence-electron chi connectivity index (χ3n) is 4.23. The first-order valence-electron chi connectivity index (χ1n) is 8.94. The summed E-state index contributed by atoms with van der Waals surface area (Å²) in [6, 6.07) is 3.71. The van der Waals surface area contributed by atoms with Crippen molar-refractivity contribution >= 4 is 17.8 Å². The molecule has 8 heteroatoms. The summed E-state index contributed by atoms with van der Waals surface area (Å²) in [6.07, 6.45) is 7.23. The minimum atomic E-state index is -0.0793. The van der Waals surface area contributed by atoms with Crippen LogP contribution >= 0.6 is 0 Å². The molecule has 138 valence electrons. The van der Waals surface area contributed by atoms with E-state index in [1.54, 1.807) is 12.4 Å². The second-order valence-corrected chi connectivity index (χ2v) is 6.61. The van der Waals surface area contributed by atoms with Crippen molar-refractivity contribution in [1.82, 2.24) is 25.3 Å². The largest absolute Gasteiger partial charge is 0.349 e. The molecule has 1 amide bonds. The van der Waals surface area contributed by atoms with Crippen molar-refractivity contribution in [2.75, 3.05) is 37.0 Å². The maximum absolute atomic E-state index is 12.2. The molecule has 0 aliphatic carbocycles. The van der Waals surface area contributed by atoms with Gasteiger partial charge in [-0.2, -0.15) is 15.0 Å². The first kappa shape index (κ1) is 18.0. The Morgan fingerprint density at radius 3 is 2.69 bits per heavy atom. The number of rotatable bonds is 6. The molecule has 2 aromatic heterocycles. The lowest BCUT2D eigenvalue weighted by molar-refractivity contribution is -0.120. The number of aromatic nitrogens is 4. The second-order valence-electron chi connectivity index (χ2n) is 6.61. The summed E-state index contributed by atoms with van der Waals surface area (Å²) in [5.41, 5.74) is 0.878. The number of carbonyl (C=O) groups is 1. The van der Waals surface area contributed by atoms with Gasteiger partial charge in [-0.05, 0) is 30.9 Å². The van der Waals surface area contributed by atoms with Crippen LogP contribution in [-0.2, 0) is 17.8 Å². The van der Waals surface area contributed by atoms with Crippen LogP contribution in [0.15, 0.2) is 24.5 Å². The SMILES string of the molecule is CN(C)c1nc(CNC(=O)Cc2cccnc2)nc(N2CCCCC2)n1. The lowest BCUT2D eigenvalue weighted by Gasteiger charge is -2.27. The summed E-state index contributed by atoms with van der Waals surface area (Å²) in [4.78, 5) is 33.8. The van der Waals surface area contributed by atoms with Gasteiger partial charge in [0.25, 0.3) is 0 Å². The Balaban J connectivity index is 1.67. The molecule has 1 aliphatic heterocycles. The van der Waals surface area contributed by atoms with Crippen LogP contribution in [0.1, 0.15) is 30.7 Å². The van der Waals surface area contributed by atoms with Crippen LogP contribution in [0.4, 0.5) is 11.9 Å². The zero-order valence-corrected chi connectivity index (χ0v) is 15.4. The maximum atomic E-state index is 12.2. The molecule has 1 N–H and O–H groups in total. The fourth-order valence-corrected chi connectivity index (χ4v) is 2.84. The Labute approximate surface area is 153 Å². The van der Waals surface area contributed by atoms with E-state index < -0.39 is 0 Å². The molecule has 0 spiro atoms. The predicted octanol–water partition coefficient (Wildman–Crippen LogP) is 1.18. The van der Waals surface area contributed by atoms with Gasteiger partial charge < -0.3 is 15.1 Å². The van der Waals surface area contributed by atoms with Crippen molar-refractivity contribution < 1.29 is 4.79 Å². The minimum absolute atomic E-state index is 0.0793. The molecule has 0 unspecified atom stereocenters. The minimum Gasteiger partial charge on any atom is -0.349 e. The fourth-order valence-electron chi connectivity index (χ4n) is 2.84. The number of nitrogens with one attached hydrogen (secondary N) is 1. The molecule has 0 saturated carbocycles. The standard InChI is InChI=1S/C18H25N7O/c1-24(2)17-21-15(22-18(23-17)25-9-4-3-5-10-25)13-20-16(26)11-14-7-6-8-19-12-14/h6-8,12H,3-5,9-11,13H2,1-2H3,(H,20,26). The number of carbonyl (C=O) groups excluding carboxylic acids is 1. The van der Waals surface area contributed by atoms with Gasteiger partial charge in [-0.3, -0.25) is 9.78 Å². The average Bonchev–Trinajstić information content (AvgIpc) is 2.67. The van der Waals surface area contributed by atoms with E-state index in [9.17, 15) is 4.79 Å². The topological polar surface area (TPSA) is 87.1 Å². The van der Waals surface area contributed by atoms with E-state index in [1.165, 1.54) is 6.42 Å². The number of piperidine rings is 1. The highest BCUT2D eigenvalue weighted by molar-refractivity contribution is 5.78. The van der Waals surface area contributed by atoms with Crippen molar-refractivity contribution in [3.8, 4) is 0 Å². The molecule has 0 bridgehead atoms. The highest BCUT2D eigenvalue weighted by Crippen LogP contribution is 2.17. The van der Waals surface area contributed by atoms with Crippen LogP contribution in [0.5, 0.6) is 0 Å². The number of nitrogens with zero attached hydrogens (tertiary/aromatic N) is 6. The highest BCUT2D eigenvalue weighted by atomic mass is 16.1. The van der Waals surface area contributed by atoms with E-state index >= 15 is 0 Å². The molecule has 2 aromatic rings. The first-order valence-corrected chi connectivity index (χ1v) is 8.94. The molecule has 0 aromatic carbocycles. The molecule has 3 rings (SSSR count). The van der Waals surface area contributed by atoms with E-state index in [0.29, 0.717) is 24.1 Å². The van der Waals surface area contributed by atoms with Gasteiger partial charge in [0.1, 0.15) is 0 Å². The van der Waals surface area contributed by atoms with Crippen molar-refractivity contribution in [2.24, 2.45) is 0 Å².